The topological polar surface area (TPSA) is 90.7 Å². The first-order valence-electron chi connectivity index (χ1n) is 7.61. The number of phenols is 1. The van der Waals surface area contributed by atoms with E-state index in [4.69, 9.17) is 0 Å². The second-order valence-electron chi connectivity index (χ2n) is 5.55. The van der Waals surface area contributed by atoms with Gasteiger partial charge < -0.3 is 10.2 Å². The summed E-state index contributed by atoms with van der Waals surface area (Å²) in [5, 5.41) is 23.9. The van der Waals surface area contributed by atoms with Gasteiger partial charge in [-0.15, -0.1) is 22.7 Å². The molecule has 0 unspecified atom stereocenters. The summed E-state index contributed by atoms with van der Waals surface area (Å²) in [5.74, 6) is -1.57. The summed E-state index contributed by atoms with van der Waals surface area (Å²) in [6.45, 7) is 0. The Morgan fingerprint density at radius 2 is 1.85 bits per heavy atom. The molecule has 0 saturated carbocycles. The number of ketones is 1. The number of amides is 1. The molecule has 2 N–H and O–H groups in total. The highest BCUT2D eigenvalue weighted by molar-refractivity contribution is 7.14. The molecule has 3 aromatic rings. The van der Waals surface area contributed by atoms with Crippen LogP contribution in [0.25, 0.3) is 0 Å². The van der Waals surface area contributed by atoms with E-state index in [-0.39, 0.29) is 11.3 Å². The van der Waals surface area contributed by atoms with Gasteiger partial charge in [-0.2, -0.15) is 0 Å². The molecule has 2 aromatic heterocycles. The summed E-state index contributed by atoms with van der Waals surface area (Å²) in [6, 6.07) is 8.76. The second kappa shape index (κ2) is 6.40. The highest BCUT2D eigenvalue weighted by Crippen LogP contribution is 2.43. The predicted molar refractivity (Wildman–Crippen MR) is 98.8 cm³/mol. The Balaban J connectivity index is 1.88. The zero-order chi connectivity index (χ0) is 18.3. The number of rotatable bonds is 4. The maximum absolute atomic E-state index is 13.0. The van der Waals surface area contributed by atoms with Crippen LogP contribution >= 0.6 is 22.7 Å². The number of phenolic OH excluding ortho intramolecular Hbond substituents is 1. The number of hydrogen-bond donors (Lipinski definition) is 2. The van der Waals surface area contributed by atoms with E-state index in [0.29, 0.717) is 15.6 Å². The van der Waals surface area contributed by atoms with Gasteiger partial charge in [-0.1, -0.05) is 18.2 Å². The molecule has 0 bridgehead atoms. The summed E-state index contributed by atoms with van der Waals surface area (Å²) in [7, 11) is 0. The van der Waals surface area contributed by atoms with E-state index in [1.165, 1.54) is 39.7 Å². The van der Waals surface area contributed by atoms with Crippen LogP contribution in [-0.4, -0.2) is 26.9 Å². The third-order valence-corrected chi connectivity index (χ3v) is 5.67. The number of carbonyl (C=O) groups excluding carboxylic acids is 2. The van der Waals surface area contributed by atoms with Crippen molar-refractivity contribution in [1.29, 1.82) is 0 Å². The van der Waals surface area contributed by atoms with Crippen LogP contribution < -0.4 is 4.90 Å². The molecule has 3 heterocycles. The van der Waals surface area contributed by atoms with Crippen LogP contribution in [0.15, 0.2) is 64.7 Å². The highest BCUT2D eigenvalue weighted by atomic mass is 32.1. The molecular formula is C18H12N2O4S2. The van der Waals surface area contributed by atoms with Crippen LogP contribution in [0.2, 0.25) is 0 Å². The number of hydrogen-bond acceptors (Lipinski definition) is 7. The number of Topliss-reactive ketones (excluding diaryl/α,β-unsaturated/α-hetero) is 1. The van der Waals surface area contributed by atoms with E-state index in [2.05, 4.69) is 4.98 Å². The third kappa shape index (κ3) is 2.59. The lowest BCUT2D eigenvalue weighted by atomic mass is 9.95. The quantitative estimate of drug-likeness (QED) is 0.670. The number of thiophene rings is 1. The smallest absolute Gasteiger partial charge is 0.296 e. The molecule has 1 atom stereocenters. The molecular weight excluding hydrogens is 372 g/mol. The van der Waals surface area contributed by atoms with Gasteiger partial charge in [-0.25, -0.2) is 4.98 Å². The van der Waals surface area contributed by atoms with Crippen molar-refractivity contribution >= 4 is 39.5 Å². The standard InChI is InChI=1S/C18H12N2O4S2/c21-11-5-3-10(4-6-11)14-13(15(22)12-2-1-8-25-12)16(23)17(24)20(14)18-19-7-9-26-18/h1-9,14,21,23H/t14-/m0/s1. The summed E-state index contributed by atoms with van der Waals surface area (Å²) >= 11 is 2.48. The second-order valence-corrected chi connectivity index (χ2v) is 7.37. The average Bonchev–Trinajstić information content (AvgIpc) is 3.38. The normalized spacial score (nSPS) is 17.2. The van der Waals surface area contributed by atoms with Crippen molar-refractivity contribution in [3.8, 4) is 5.75 Å². The molecule has 1 aliphatic rings. The Morgan fingerprint density at radius 1 is 1.08 bits per heavy atom. The summed E-state index contributed by atoms with van der Waals surface area (Å²) < 4.78 is 0. The fraction of sp³-hybridized carbons (Fsp3) is 0.0556. The Labute approximate surface area is 156 Å². The van der Waals surface area contributed by atoms with Gasteiger partial charge in [-0.3, -0.25) is 14.5 Å². The lowest BCUT2D eigenvalue weighted by molar-refractivity contribution is -0.117. The Bertz CT molecular complexity index is 993. The molecule has 1 amide bonds. The van der Waals surface area contributed by atoms with Crippen LogP contribution in [0, 0.1) is 0 Å². The molecule has 4 rings (SSSR count). The molecule has 8 heteroatoms. The number of carbonyl (C=O) groups is 2. The molecule has 6 nitrogen and oxygen atoms in total. The molecule has 0 aliphatic carbocycles. The highest BCUT2D eigenvalue weighted by Gasteiger charge is 2.45. The molecule has 0 fully saturated rings. The molecule has 0 spiro atoms. The first-order valence-corrected chi connectivity index (χ1v) is 9.37. The zero-order valence-electron chi connectivity index (χ0n) is 13.2. The lowest BCUT2D eigenvalue weighted by Crippen LogP contribution is -2.30. The molecule has 1 aromatic carbocycles. The van der Waals surface area contributed by atoms with Gasteiger partial charge in [0.25, 0.3) is 5.91 Å². The fourth-order valence-electron chi connectivity index (χ4n) is 2.88. The van der Waals surface area contributed by atoms with Crippen molar-refractivity contribution in [2.45, 2.75) is 6.04 Å². The van der Waals surface area contributed by atoms with Gasteiger partial charge in [0.1, 0.15) is 5.75 Å². The van der Waals surface area contributed by atoms with Crippen molar-refractivity contribution in [2.75, 3.05) is 4.90 Å². The van der Waals surface area contributed by atoms with Crippen LogP contribution in [0.5, 0.6) is 5.75 Å². The summed E-state index contributed by atoms with van der Waals surface area (Å²) in [5.41, 5.74) is 0.605. The average molecular weight is 384 g/mol. The third-order valence-electron chi connectivity index (χ3n) is 4.03. The number of aromatic nitrogens is 1. The first kappa shape index (κ1) is 16.5. The van der Waals surface area contributed by atoms with E-state index in [0.717, 1.165) is 0 Å². The molecule has 130 valence electrons. The van der Waals surface area contributed by atoms with Gasteiger partial charge in [0.15, 0.2) is 10.9 Å². The van der Waals surface area contributed by atoms with E-state index in [1.54, 1.807) is 41.2 Å². The van der Waals surface area contributed by atoms with Crippen LogP contribution in [-0.2, 0) is 4.79 Å². The molecule has 1 aliphatic heterocycles. The minimum atomic E-state index is -0.816. The maximum Gasteiger partial charge on any atom is 0.296 e. The van der Waals surface area contributed by atoms with Gasteiger partial charge >= 0.3 is 0 Å². The van der Waals surface area contributed by atoms with Crippen molar-refractivity contribution in [2.24, 2.45) is 0 Å². The Morgan fingerprint density at radius 3 is 2.46 bits per heavy atom. The van der Waals surface area contributed by atoms with Gasteiger partial charge in [0, 0.05) is 11.6 Å². The minimum absolute atomic E-state index is 0.0124. The van der Waals surface area contributed by atoms with Crippen LogP contribution in [0.3, 0.4) is 0 Å². The maximum atomic E-state index is 13.0. The molecule has 0 radical (unpaired) electrons. The molecule has 26 heavy (non-hydrogen) atoms. The van der Waals surface area contributed by atoms with E-state index < -0.39 is 23.5 Å². The van der Waals surface area contributed by atoms with Gasteiger partial charge in [0.05, 0.1) is 16.5 Å². The Kier molecular flexibility index (Phi) is 4.06. The van der Waals surface area contributed by atoms with Gasteiger partial charge in [-0.05, 0) is 29.1 Å². The Hall–Kier alpha value is -2.97. The lowest BCUT2D eigenvalue weighted by Gasteiger charge is -2.24. The predicted octanol–water partition coefficient (Wildman–Crippen LogP) is 3.69. The number of benzene rings is 1. The number of aliphatic hydroxyl groups excluding tert-OH is 1. The van der Waals surface area contributed by atoms with E-state index >= 15 is 0 Å². The van der Waals surface area contributed by atoms with Crippen LogP contribution in [0.4, 0.5) is 5.13 Å². The number of aliphatic hydroxyl groups is 1. The number of thiazole rings is 1. The summed E-state index contributed by atoms with van der Waals surface area (Å²) in [6.07, 6.45) is 1.55. The van der Waals surface area contributed by atoms with E-state index in [9.17, 15) is 19.8 Å². The summed E-state index contributed by atoms with van der Waals surface area (Å²) in [4.78, 5) is 31.6. The zero-order valence-corrected chi connectivity index (χ0v) is 14.8. The van der Waals surface area contributed by atoms with Crippen molar-refractivity contribution < 1.29 is 19.8 Å². The monoisotopic (exact) mass is 384 g/mol. The van der Waals surface area contributed by atoms with Gasteiger partial charge in [0.2, 0.25) is 5.78 Å². The van der Waals surface area contributed by atoms with Crippen molar-refractivity contribution in [3.63, 3.8) is 0 Å². The number of aromatic hydroxyl groups is 1. The van der Waals surface area contributed by atoms with Crippen molar-refractivity contribution in [3.05, 3.63) is 75.1 Å². The first-order chi connectivity index (χ1) is 12.6. The molecule has 0 saturated heterocycles. The van der Waals surface area contributed by atoms with E-state index in [1.807, 2.05) is 0 Å². The number of nitrogens with zero attached hydrogens (tertiary/aromatic N) is 2. The fourth-order valence-corrected chi connectivity index (χ4v) is 4.23. The SMILES string of the molecule is O=C(C1=C(O)C(=O)N(c2nccs2)[C@H]1c1ccc(O)cc1)c1cccs1. The van der Waals surface area contributed by atoms with Crippen LogP contribution in [0.1, 0.15) is 21.3 Å². The number of anilines is 1. The van der Waals surface area contributed by atoms with Crippen molar-refractivity contribution in [1.82, 2.24) is 4.98 Å². The largest absolute Gasteiger partial charge is 0.508 e. The minimum Gasteiger partial charge on any atom is -0.508 e.